The molecule has 2 N–H and O–H groups in total. The molecule has 1 heterocycles. The second kappa shape index (κ2) is 7.13. The van der Waals surface area contributed by atoms with Crippen molar-refractivity contribution in [3.8, 4) is 0 Å². The minimum Gasteiger partial charge on any atom is -0.330 e. The molecule has 1 aliphatic heterocycles. The quantitative estimate of drug-likeness (QED) is 0.913. The van der Waals surface area contributed by atoms with Gasteiger partial charge in [-0.3, -0.25) is 4.90 Å². The second-order valence-electron chi connectivity index (χ2n) is 5.41. The van der Waals surface area contributed by atoms with Gasteiger partial charge in [-0.05, 0) is 56.8 Å². The van der Waals surface area contributed by atoms with Crippen LogP contribution >= 0.6 is 12.4 Å². The van der Waals surface area contributed by atoms with Crippen molar-refractivity contribution < 1.29 is 0 Å². The van der Waals surface area contributed by atoms with Gasteiger partial charge in [-0.2, -0.15) is 0 Å². The maximum atomic E-state index is 5.79. The van der Waals surface area contributed by atoms with Crippen LogP contribution in [0.5, 0.6) is 0 Å². The van der Waals surface area contributed by atoms with Crippen LogP contribution in [0.4, 0.5) is 0 Å². The van der Waals surface area contributed by atoms with E-state index in [-0.39, 0.29) is 12.4 Å². The van der Waals surface area contributed by atoms with E-state index in [1.807, 2.05) is 0 Å². The molecule has 1 aromatic rings. The zero-order chi connectivity index (χ0) is 12.3. The summed E-state index contributed by atoms with van der Waals surface area (Å²) in [6.07, 6.45) is 2.60. The van der Waals surface area contributed by atoms with Gasteiger partial charge in [0.2, 0.25) is 0 Å². The lowest BCUT2D eigenvalue weighted by molar-refractivity contribution is 0.171. The minimum absolute atomic E-state index is 0. The summed E-state index contributed by atoms with van der Waals surface area (Å²) in [6, 6.07) is 6.74. The first kappa shape index (κ1) is 15.5. The van der Waals surface area contributed by atoms with Gasteiger partial charge in [0.15, 0.2) is 0 Å². The standard InChI is InChI=1S/C15H24N2.ClH/c1-12-5-6-13(2)15(8-12)11-17-7-3-4-14(9-16)10-17;/h5-6,8,14H,3-4,7,9-11,16H2,1-2H3;1H. The molecule has 0 bridgehead atoms. The fourth-order valence-electron chi connectivity index (χ4n) is 2.70. The number of piperidine rings is 1. The lowest BCUT2D eigenvalue weighted by Crippen LogP contribution is -2.37. The maximum Gasteiger partial charge on any atom is 0.0236 e. The summed E-state index contributed by atoms with van der Waals surface area (Å²) in [5.74, 6) is 0.703. The molecule has 1 atom stereocenters. The van der Waals surface area contributed by atoms with Crippen molar-refractivity contribution in [2.45, 2.75) is 33.2 Å². The SMILES string of the molecule is Cc1ccc(C)c(CN2CCCC(CN)C2)c1.Cl. The third kappa shape index (κ3) is 3.98. The fourth-order valence-corrected chi connectivity index (χ4v) is 2.70. The van der Waals surface area contributed by atoms with E-state index in [1.54, 1.807) is 0 Å². The number of likely N-dealkylation sites (tertiary alicyclic amines) is 1. The van der Waals surface area contributed by atoms with Gasteiger partial charge >= 0.3 is 0 Å². The molecule has 2 rings (SSSR count). The van der Waals surface area contributed by atoms with Crippen molar-refractivity contribution >= 4 is 12.4 Å². The van der Waals surface area contributed by atoms with E-state index < -0.39 is 0 Å². The zero-order valence-electron chi connectivity index (χ0n) is 11.5. The summed E-state index contributed by atoms with van der Waals surface area (Å²) in [4.78, 5) is 2.56. The first-order chi connectivity index (χ1) is 8.19. The molecule has 0 aromatic heterocycles. The Morgan fingerprint density at radius 2 is 2.11 bits per heavy atom. The average molecular weight is 269 g/mol. The van der Waals surface area contributed by atoms with E-state index >= 15 is 0 Å². The van der Waals surface area contributed by atoms with Crippen LogP contribution < -0.4 is 5.73 Å². The number of hydrogen-bond acceptors (Lipinski definition) is 2. The van der Waals surface area contributed by atoms with Gasteiger partial charge in [0.05, 0.1) is 0 Å². The Kier molecular flexibility index (Phi) is 6.13. The van der Waals surface area contributed by atoms with Gasteiger partial charge < -0.3 is 5.73 Å². The van der Waals surface area contributed by atoms with Crippen LogP contribution in [-0.4, -0.2) is 24.5 Å². The van der Waals surface area contributed by atoms with Gasteiger partial charge in [0, 0.05) is 13.1 Å². The van der Waals surface area contributed by atoms with Gasteiger partial charge in [0.1, 0.15) is 0 Å². The summed E-state index contributed by atoms with van der Waals surface area (Å²) in [5, 5.41) is 0. The van der Waals surface area contributed by atoms with Crippen LogP contribution in [0.3, 0.4) is 0 Å². The number of nitrogens with two attached hydrogens (primary N) is 1. The molecule has 0 amide bonds. The van der Waals surface area contributed by atoms with Gasteiger partial charge in [-0.15, -0.1) is 12.4 Å². The Balaban J connectivity index is 0.00000162. The highest BCUT2D eigenvalue weighted by molar-refractivity contribution is 5.85. The lowest BCUT2D eigenvalue weighted by atomic mass is 9.97. The maximum absolute atomic E-state index is 5.79. The summed E-state index contributed by atoms with van der Waals surface area (Å²) >= 11 is 0. The zero-order valence-corrected chi connectivity index (χ0v) is 12.3. The van der Waals surface area contributed by atoms with Gasteiger partial charge in [-0.25, -0.2) is 0 Å². The minimum atomic E-state index is 0. The molecule has 1 fully saturated rings. The Hall–Kier alpha value is -0.570. The number of benzene rings is 1. The summed E-state index contributed by atoms with van der Waals surface area (Å²) in [7, 11) is 0. The highest BCUT2D eigenvalue weighted by Gasteiger charge is 2.18. The Labute approximate surface area is 117 Å². The molecule has 0 radical (unpaired) electrons. The number of nitrogens with zero attached hydrogens (tertiary/aromatic N) is 1. The van der Waals surface area contributed by atoms with E-state index in [2.05, 4.69) is 36.9 Å². The molecule has 2 nitrogen and oxygen atoms in total. The van der Waals surface area contributed by atoms with Crippen molar-refractivity contribution in [3.05, 3.63) is 34.9 Å². The van der Waals surface area contributed by atoms with Crippen molar-refractivity contribution in [2.75, 3.05) is 19.6 Å². The van der Waals surface area contributed by atoms with Crippen LogP contribution in [0.1, 0.15) is 29.5 Å². The van der Waals surface area contributed by atoms with Crippen molar-refractivity contribution in [1.29, 1.82) is 0 Å². The number of halogens is 1. The summed E-state index contributed by atoms with van der Waals surface area (Å²) in [6.45, 7) is 8.70. The Morgan fingerprint density at radius 1 is 1.33 bits per heavy atom. The second-order valence-corrected chi connectivity index (χ2v) is 5.41. The number of hydrogen-bond donors (Lipinski definition) is 1. The van der Waals surface area contributed by atoms with Crippen LogP contribution in [0.25, 0.3) is 0 Å². The molecule has 0 spiro atoms. The smallest absolute Gasteiger partial charge is 0.0236 e. The van der Waals surface area contributed by atoms with Gasteiger partial charge in [0.25, 0.3) is 0 Å². The predicted molar refractivity (Wildman–Crippen MR) is 80.2 cm³/mol. The monoisotopic (exact) mass is 268 g/mol. The molecular formula is C15H25ClN2. The molecule has 102 valence electrons. The van der Waals surface area contributed by atoms with E-state index in [9.17, 15) is 0 Å². The summed E-state index contributed by atoms with van der Waals surface area (Å²) < 4.78 is 0. The summed E-state index contributed by atoms with van der Waals surface area (Å²) in [5.41, 5.74) is 10.0. The van der Waals surface area contributed by atoms with Crippen molar-refractivity contribution in [3.63, 3.8) is 0 Å². The topological polar surface area (TPSA) is 29.3 Å². The molecule has 3 heteroatoms. The number of aryl methyl sites for hydroxylation is 2. The van der Waals surface area contributed by atoms with Crippen LogP contribution in [-0.2, 0) is 6.54 Å². The third-order valence-electron chi connectivity index (χ3n) is 3.84. The third-order valence-corrected chi connectivity index (χ3v) is 3.84. The first-order valence-electron chi connectivity index (χ1n) is 6.67. The fraction of sp³-hybridized carbons (Fsp3) is 0.600. The molecule has 0 aliphatic carbocycles. The molecule has 0 saturated carbocycles. The van der Waals surface area contributed by atoms with Crippen LogP contribution in [0.15, 0.2) is 18.2 Å². The van der Waals surface area contributed by atoms with E-state index in [4.69, 9.17) is 5.73 Å². The first-order valence-corrected chi connectivity index (χ1v) is 6.67. The average Bonchev–Trinajstić information content (AvgIpc) is 2.34. The normalized spacial score (nSPS) is 20.5. The van der Waals surface area contributed by atoms with E-state index in [0.717, 1.165) is 13.1 Å². The van der Waals surface area contributed by atoms with E-state index in [1.165, 1.54) is 42.6 Å². The van der Waals surface area contributed by atoms with Crippen molar-refractivity contribution in [2.24, 2.45) is 11.7 Å². The molecule has 1 unspecified atom stereocenters. The molecule has 18 heavy (non-hydrogen) atoms. The molecule has 1 aliphatic rings. The largest absolute Gasteiger partial charge is 0.330 e. The predicted octanol–water partition coefficient (Wildman–Crippen LogP) is 2.90. The van der Waals surface area contributed by atoms with Crippen LogP contribution in [0, 0.1) is 19.8 Å². The molecule has 1 saturated heterocycles. The Bertz CT molecular complexity index is 379. The van der Waals surface area contributed by atoms with E-state index in [0.29, 0.717) is 5.92 Å². The molecule has 1 aromatic carbocycles. The van der Waals surface area contributed by atoms with Crippen molar-refractivity contribution in [1.82, 2.24) is 4.90 Å². The number of rotatable bonds is 3. The Morgan fingerprint density at radius 3 is 2.83 bits per heavy atom. The van der Waals surface area contributed by atoms with Gasteiger partial charge in [-0.1, -0.05) is 23.8 Å². The lowest BCUT2D eigenvalue weighted by Gasteiger charge is -2.32. The molecular weight excluding hydrogens is 244 g/mol. The highest BCUT2D eigenvalue weighted by Crippen LogP contribution is 2.19. The highest BCUT2D eigenvalue weighted by atomic mass is 35.5. The van der Waals surface area contributed by atoms with Crippen LogP contribution in [0.2, 0.25) is 0 Å².